The maximum absolute atomic E-state index is 10.8. The fourth-order valence-corrected chi connectivity index (χ4v) is 2.75. The first-order valence-electron chi connectivity index (χ1n) is 7.48. The minimum Gasteiger partial charge on any atom is -0.502 e. The molecule has 0 aliphatic heterocycles. The van der Waals surface area contributed by atoms with Crippen molar-refractivity contribution < 1.29 is 19.5 Å². The Morgan fingerprint density at radius 3 is 2.48 bits per heavy atom. The average molecular weight is 340 g/mol. The van der Waals surface area contributed by atoms with Crippen LogP contribution in [-0.4, -0.2) is 29.2 Å². The summed E-state index contributed by atoms with van der Waals surface area (Å²) >= 11 is 0. The highest BCUT2D eigenvalue weighted by molar-refractivity contribution is 5.88. The number of methoxy groups -OCH3 is 2. The molecule has 0 fully saturated rings. The third-order valence-electron chi connectivity index (χ3n) is 3.98. The zero-order valence-corrected chi connectivity index (χ0v) is 13.7. The summed E-state index contributed by atoms with van der Waals surface area (Å²) in [6, 6.07) is 8.04. The number of phenols is 1. The molecular weight excluding hydrogens is 324 g/mol. The van der Waals surface area contributed by atoms with Gasteiger partial charge < -0.3 is 14.6 Å². The van der Waals surface area contributed by atoms with E-state index in [-0.39, 0.29) is 11.4 Å². The summed E-state index contributed by atoms with van der Waals surface area (Å²) < 4.78 is 10.7. The van der Waals surface area contributed by atoms with Crippen molar-refractivity contribution in [3.63, 3.8) is 0 Å². The molecule has 0 amide bonds. The van der Waals surface area contributed by atoms with Crippen molar-refractivity contribution in [2.45, 2.75) is 6.42 Å². The van der Waals surface area contributed by atoms with Gasteiger partial charge in [0.1, 0.15) is 0 Å². The van der Waals surface area contributed by atoms with Gasteiger partial charge in [-0.15, -0.1) is 0 Å². The van der Waals surface area contributed by atoms with Crippen LogP contribution in [0.2, 0.25) is 0 Å². The van der Waals surface area contributed by atoms with Gasteiger partial charge >= 0.3 is 5.69 Å². The number of hydrogen-bond donors (Lipinski definition) is 1. The van der Waals surface area contributed by atoms with E-state index in [2.05, 4.69) is 4.98 Å². The summed E-state index contributed by atoms with van der Waals surface area (Å²) in [4.78, 5) is 14.4. The predicted molar refractivity (Wildman–Crippen MR) is 92.4 cm³/mol. The number of aromatic hydroxyl groups is 1. The topological polar surface area (TPSA) is 94.7 Å². The van der Waals surface area contributed by atoms with E-state index < -0.39 is 4.92 Å². The van der Waals surface area contributed by atoms with Crippen LogP contribution in [0.5, 0.6) is 17.2 Å². The summed E-state index contributed by atoms with van der Waals surface area (Å²) in [7, 11) is 3.14. The van der Waals surface area contributed by atoms with Crippen LogP contribution < -0.4 is 9.47 Å². The monoisotopic (exact) mass is 340 g/mol. The quantitative estimate of drug-likeness (QED) is 0.564. The number of ether oxygens (including phenoxy) is 2. The second kappa shape index (κ2) is 6.64. The largest absolute Gasteiger partial charge is 0.502 e. The average Bonchev–Trinajstić information content (AvgIpc) is 2.60. The Balaban J connectivity index is 2.04. The highest BCUT2D eigenvalue weighted by Crippen LogP contribution is 2.34. The Morgan fingerprint density at radius 1 is 1.12 bits per heavy atom. The smallest absolute Gasteiger partial charge is 0.310 e. The van der Waals surface area contributed by atoms with Crippen molar-refractivity contribution >= 4 is 16.5 Å². The van der Waals surface area contributed by atoms with E-state index in [4.69, 9.17) is 9.47 Å². The third-order valence-corrected chi connectivity index (χ3v) is 3.98. The lowest BCUT2D eigenvalue weighted by atomic mass is 10.00. The molecule has 0 unspecified atom stereocenters. The van der Waals surface area contributed by atoms with E-state index in [1.165, 1.54) is 12.1 Å². The molecule has 7 nitrogen and oxygen atoms in total. The molecule has 1 heterocycles. The van der Waals surface area contributed by atoms with E-state index in [1.54, 1.807) is 32.7 Å². The molecule has 0 saturated carbocycles. The van der Waals surface area contributed by atoms with E-state index in [1.807, 2.05) is 12.1 Å². The van der Waals surface area contributed by atoms with Crippen LogP contribution in [-0.2, 0) is 6.42 Å². The summed E-state index contributed by atoms with van der Waals surface area (Å²) in [6.45, 7) is 0. The van der Waals surface area contributed by atoms with Crippen LogP contribution in [0.3, 0.4) is 0 Å². The second-order valence-corrected chi connectivity index (χ2v) is 5.48. The van der Waals surface area contributed by atoms with Crippen LogP contribution in [0.25, 0.3) is 10.8 Å². The summed E-state index contributed by atoms with van der Waals surface area (Å²) in [5.41, 5.74) is 1.34. The Bertz CT molecular complexity index is 956. The van der Waals surface area contributed by atoms with Crippen molar-refractivity contribution in [1.82, 2.24) is 4.98 Å². The van der Waals surface area contributed by atoms with Crippen molar-refractivity contribution in [1.29, 1.82) is 0 Å². The number of benzene rings is 2. The Morgan fingerprint density at radius 2 is 1.84 bits per heavy atom. The molecule has 3 rings (SSSR count). The first-order chi connectivity index (χ1) is 12.0. The van der Waals surface area contributed by atoms with Gasteiger partial charge in [-0.2, -0.15) is 0 Å². The number of hydrogen-bond acceptors (Lipinski definition) is 6. The summed E-state index contributed by atoms with van der Waals surface area (Å²) in [6.07, 6.45) is 3.92. The first kappa shape index (κ1) is 16.5. The number of aromatic nitrogens is 1. The Hall–Kier alpha value is -3.35. The highest BCUT2D eigenvalue weighted by atomic mass is 16.6. The van der Waals surface area contributed by atoms with E-state index in [9.17, 15) is 15.2 Å². The number of nitro benzene ring substituents is 1. The highest BCUT2D eigenvalue weighted by Gasteiger charge is 2.14. The predicted octanol–water partition coefficient (Wildman–Crippen LogP) is 3.46. The SMILES string of the molecule is COc1cc2cncc(Cc3ccc([N+](=O)[O-])c(O)c3)c2cc1OC. The van der Waals surface area contributed by atoms with Crippen molar-refractivity contribution in [3.8, 4) is 17.2 Å². The van der Waals surface area contributed by atoms with Gasteiger partial charge in [-0.05, 0) is 41.1 Å². The fourth-order valence-electron chi connectivity index (χ4n) is 2.75. The lowest BCUT2D eigenvalue weighted by Crippen LogP contribution is -1.96. The van der Waals surface area contributed by atoms with Crippen LogP contribution in [0.4, 0.5) is 5.69 Å². The number of fused-ring (bicyclic) bond motifs is 1. The molecule has 0 atom stereocenters. The van der Waals surface area contributed by atoms with Gasteiger partial charge in [0.25, 0.3) is 0 Å². The standard InChI is InChI=1S/C18H16N2O5/c1-24-17-7-13-10-19-9-12(14(13)8-18(17)25-2)5-11-3-4-15(20(22)23)16(21)6-11/h3-4,6-10,21H,5H2,1-2H3. The van der Waals surface area contributed by atoms with E-state index in [0.717, 1.165) is 21.9 Å². The van der Waals surface area contributed by atoms with E-state index >= 15 is 0 Å². The van der Waals surface area contributed by atoms with Crippen molar-refractivity contribution in [2.24, 2.45) is 0 Å². The van der Waals surface area contributed by atoms with Crippen molar-refractivity contribution in [2.75, 3.05) is 14.2 Å². The minimum atomic E-state index is -0.615. The fraction of sp³-hybridized carbons (Fsp3) is 0.167. The Labute approximate surface area is 143 Å². The van der Waals surface area contributed by atoms with Crippen molar-refractivity contribution in [3.05, 3.63) is 64.0 Å². The molecule has 0 aliphatic rings. The maximum Gasteiger partial charge on any atom is 0.310 e. The van der Waals surface area contributed by atoms with Crippen LogP contribution in [0.15, 0.2) is 42.7 Å². The maximum atomic E-state index is 10.8. The summed E-state index contributed by atoms with van der Waals surface area (Å²) in [5, 5.41) is 22.4. The molecule has 3 aromatic rings. The lowest BCUT2D eigenvalue weighted by molar-refractivity contribution is -0.385. The van der Waals surface area contributed by atoms with Gasteiger partial charge in [-0.25, -0.2) is 0 Å². The molecule has 25 heavy (non-hydrogen) atoms. The molecule has 1 aromatic heterocycles. The van der Waals surface area contributed by atoms with Crippen LogP contribution in [0, 0.1) is 10.1 Å². The molecule has 1 N–H and O–H groups in total. The number of phenolic OH excluding ortho intramolecular Hbond substituents is 1. The van der Waals surface area contributed by atoms with Gasteiger partial charge in [0.15, 0.2) is 17.2 Å². The molecular formula is C18H16N2O5. The zero-order chi connectivity index (χ0) is 18.0. The number of rotatable bonds is 5. The van der Waals surface area contributed by atoms with Crippen LogP contribution >= 0.6 is 0 Å². The second-order valence-electron chi connectivity index (χ2n) is 5.48. The van der Waals surface area contributed by atoms with Gasteiger partial charge in [-0.3, -0.25) is 15.1 Å². The van der Waals surface area contributed by atoms with E-state index in [0.29, 0.717) is 17.9 Å². The molecule has 7 heteroatoms. The molecule has 128 valence electrons. The number of pyridine rings is 1. The van der Waals surface area contributed by atoms with Gasteiger partial charge in [0.2, 0.25) is 0 Å². The van der Waals surface area contributed by atoms with Gasteiger partial charge in [0, 0.05) is 23.8 Å². The van der Waals surface area contributed by atoms with Crippen LogP contribution in [0.1, 0.15) is 11.1 Å². The minimum absolute atomic E-state index is 0.314. The normalized spacial score (nSPS) is 10.6. The third kappa shape index (κ3) is 3.16. The molecule has 0 radical (unpaired) electrons. The summed E-state index contributed by atoms with van der Waals surface area (Å²) in [5.74, 6) is 0.867. The van der Waals surface area contributed by atoms with Gasteiger partial charge in [0.05, 0.1) is 19.1 Å². The lowest BCUT2D eigenvalue weighted by Gasteiger charge is -2.12. The molecule has 0 saturated heterocycles. The Kier molecular flexibility index (Phi) is 4.38. The molecule has 2 aromatic carbocycles. The molecule has 0 bridgehead atoms. The zero-order valence-electron chi connectivity index (χ0n) is 13.7. The molecule has 0 spiro atoms. The van der Waals surface area contributed by atoms with Gasteiger partial charge in [-0.1, -0.05) is 6.07 Å². The molecule has 0 aliphatic carbocycles. The number of nitrogens with zero attached hydrogens (tertiary/aromatic N) is 2. The number of nitro groups is 1. The first-order valence-corrected chi connectivity index (χ1v) is 7.48.